The largest absolute Gasteiger partial charge is 0.349 e. The van der Waals surface area contributed by atoms with E-state index in [1.807, 2.05) is 0 Å². The van der Waals surface area contributed by atoms with Crippen LogP contribution >= 0.6 is 11.3 Å². The van der Waals surface area contributed by atoms with Crippen LogP contribution in [0.4, 0.5) is 4.39 Å². The number of hydrogen-bond donors (Lipinski definition) is 1. The fraction of sp³-hybridized carbons (Fsp3) is 0.500. The summed E-state index contributed by atoms with van der Waals surface area (Å²) in [7, 11) is 0. The van der Waals surface area contributed by atoms with Crippen molar-refractivity contribution in [1.29, 1.82) is 0 Å². The minimum Gasteiger partial charge on any atom is -0.349 e. The zero-order valence-electron chi connectivity index (χ0n) is 15.4. The number of nitrogens with zero attached hydrogens (tertiary/aromatic N) is 2. The van der Waals surface area contributed by atoms with Crippen LogP contribution in [0.15, 0.2) is 29.6 Å². The fourth-order valence-electron chi connectivity index (χ4n) is 3.19. The summed E-state index contributed by atoms with van der Waals surface area (Å²) in [5.74, 6) is -0.0764. The number of nitrogens with one attached hydrogen (secondary N) is 1. The van der Waals surface area contributed by atoms with Crippen molar-refractivity contribution < 1.29 is 9.18 Å². The topological polar surface area (TPSA) is 45.2 Å². The van der Waals surface area contributed by atoms with E-state index >= 15 is 0 Å². The van der Waals surface area contributed by atoms with Gasteiger partial charge >= 0.3 is 0 Å². The maximum Gasteiger partial charge on any atom is 0.228 e. The zero-order chi connectivity index (χ0) is 18.5. The Hall–Kier alpha value is -1.79. The number of hydrogen-bond acceptors (Lipinski definition) is 4. The summed E-state index contributed by atoms with van der Waals surface area (Å²) in [5.41, 5.74) is 1.95. The molecule has 4 nitrogen and oxygen atoms in total. The van der Waals surface area contributed by atoms with Crippen molar-refractivity contribution in [3.63, 3.8) is 0 Å². The smallest absolute Gasteiger partial charge is 0.228 e. The lowest BCUT2D eigenvalue weighted by Crippen LogP contribution is -2.30. The molecule has 3 rings (SSSR count). The summed E-state index contributed by atoms with van der Waals surface area (Å²) in [6.45, 7) is 7.58. The van der Waals surface area contributed by atoms with Crippen LogP contribution in [0, 0.1) is 11.7 Å². The first-order valence-electron chi connectivity index (χ1n) is 9.29. The molecule has 1 saturated carbocycles. The summed E-state index contributed by atoms with van der Waals surface area (Å²) in [5, 5.41) is 6.02. The Balaban J connectivity index is 1.59. The first-order valence-corrected chi connectivity index (χ1v) is 10.2. The van der Waals surface area contributed by atoms with Crippen molar-refractivity contribution >= 4 is 17.2 Å². The number of carbonyl (C=O) groups excluding carboxylic acids is 1. The minimum atomic E-state index is -0.271. The van der Waals surface area contributed by atoms with Gasteiger partial charge in [0, 0.05) is 11.9 Å². The molecular weight excluding hydrogens is 349 g/mol. The van der Waals surface area contributed by atoms with Crippen molar-refractivity contribution in [1.82, 2.24) is 15.2 Å². The van der Waals surface area contributed by atoms with E-state index in [0.29, 0.717) is 12.5 Å². The Morgan fingerprint density at radius 2 is 2.00 bits per heavy atom. The first kappa shape index (κ1) is 19.0. The summed E-state index contributed by atoms with van der Waals surface area (Å²) in [4.78, 5) is 19.7. The minimum absolute atomic E-state index is 0.0135. The molecule has 0 spiro atoms. The van der Waals surface area contributed by atoms with E-state index < -0.39 is 0 Å². The summed E-state index contributed by atoms with van der Waals surface area (Å²) < 4.78 is 13.2. The molecule has 0 saturated heterocycles. The van der Waals surface area contributed by atoms with Gasteiger partial charge in [0.25, 0.3) is 0 Å². The second-order valence-electron chi connectivity index (χ2n) is 6.78. The third-order valence-corrected chi connectivity index (χ3v) is 5.80. The highest BCUT2D eigenvalue weighted by molar-refractivity contribution is 7.09. The fourth-order valence-corrected chi connectivity index (χ4v) is 3.91. The SMILES string of the molecule is CCN(CC)Cc1csc(CNC(=O)C(c2ccc(F)cc2)C2CC2)n1. The van der Waals surface area contributed by atoms with Crippen LogP contribution in [0.5, 0.6) is 0 Å². The molecule has 1 aliphatic rings. The molecular formula is C20H26FN3OS. The Labute approximate surface area is 158 Å². The van der Waals surface area contributed by atoms with Crippen molar-refractivity contribution in [3.05, 3.63) is 51.7 Å². The average molecular weight is 376 g/mol. The molecule has 26 heavy (non-hydrogen) atoms. The molecule has 1 heterocycles. The van der Waals surface area contributed by atoms with Gasteiger partial charge in [0.1, 0.15) is 10.8 Å². The molecule has 1 aromatic heterocycles. The Kier molecular flexibility index (Phi) is 6.38. The number of halogens is 1. The first-order chi connectivity index (χ1) is 12.6. The number of benzene rings is 1. The van der Waals surface area contributed by atoms with E-state index in [1.165, 1.54) is 12.1 Å². The number of rotatable bonds is 9. The van der Waals surface area contributed by atoms with Gasteiger partial charge < -0.3 is 5.32 Å². The lowest BCUT2D eigenvalue weighted by Gasteiger charge is -2.16. The van der Waals surface area contributed by atoms with Gasteiger partial charge in [-0.25, -0.2) is 9.37 Å². The van der Waals surface area contributed by atoms with E-state index in [9.17, 15) is 9.18 Å². The van der Waals surface area contributed by atoms with Crippen LogP contribution < -0.4 is 5.32 Å². The number of amides is 1. The molecule has 1 atom stereocenters. The molecule has 1 amide bonds. The van der Waals surface area contributed by atoms with Gasteiger partial charge in [0.15, 0.2) is 0 Å². The van der Waals surface area contributed by atoms with E-state index in [-0.39, 0.29) is 17.6 Å². The third-order valence-electron chi connectivity index (χ3n) is 4.90. The average Bonchev–Trinajstić information content (AvgIpc) is 3.38. The van der Waals surface area contributed by atoms with Gasteiger partial charge in [0.05, 0.1) is 18.2 Å². The number of thiazole rings is 1. The highest BCUT2D eigenvalue weighted by Gasteiger charge is 2.37. The Bertz CT molecular complexity index is 723. The monoisotopic (exact) mass is 375 g/mol. The van der Waals surface area contributed by atoms with Crippen LogP contribution in [0.25, 0.3) is 0 Å². The van der Waals surface area contributed by atoms with Crippen molar-refractivity contribution in [2.75, 3.05) is 13.1 Å². The van der Waals surface area contributed by atoms with E-state index in [1.54, 1.807) is 23.5 Å². The van der Waals surface area contributed by atoms with E-state index in [2.05, 4.69) is 34.4 Å². The van der Waals surface area contributed by atoms with Crippen molar-refractivity contribution in [3.8, 4) is 0 Å². The van der Waals surface area contributed by atoms with Crippen molar-refractivity contribution in [2.45, 2.75) is 45.7 Å². The molecule has 0 bridgehead atoms. The van der Waals surface area contributed by atoms with Gasteiger partial charge in [-0.05, 0) is 49.5 Å². The number of carbonyl (C=O) groups is 1. The molecule has 0 radical (unpaired) electrons. The highest BCUT2D eigenvalue weighted by Crippen LogP contribution is 2.42. The molecule has 0 aliphatic heterocycles. The second kappa shape index (κ2) is 8.73. The zero-order valence-corrected chi connectivity index (χ0v) is 16.2. The molecule has 1 N–H and O–H groups in total. The molecule has 1 unspecified atom stereocenters. The maximum absolute atomic E-state index is 13.2. The van der Waals surface area contributed by atoms with Crippen LogP contribution in [0.1, 0.15) is 48.9 Å². The maximum atomic E-state index is 13.2. The molecule has 1 fully saturated rings. The van der Waals surface area contributed by atoms with Crippen LogP contribution in [-0.4, -0.2) is 28.9 Å². The third kappa shape index (κ3) is 4.89. The van der Waals surface area contributed by atoms with E-state index in [0.717, 1.165) is 48.7 Å². The van der Waals surface area contributed by atoms with Gasteiger partial charge in [0.2, 0.25) is 5.91 Å². The Morgan fingerprint density at radius 3 is 2.62 bits per heavy atom. The predicted molar refractivity (Wildman–Crippen MR) is 102 cm³/mol. The van der Waals surface area contributed by atoms with E-state index in [4.69, 9.17) is 0 Å². The Morgan fingerprint density at radius 1 is 1.31 bits per heavy atom. The molecule has 2 aromatic rings. The normalized spacial score (nSPS) is 15.2. The van der Waals surface area contributed by atoms with Gasteiger partial charge in [-0.1, -0.05) is 26.0 Å². The molecule has 6 heteroatoms. The van der Waals surface area contributed by atoms with Gasteiger partial charge in [-0.15, -0.1) is 11.3 Å². The lowest BCUT2D eigenvalue weighted by molar-refractivity contribution is -0.123. The number of aromatic nitrogens is 1. The predicted octanol–water partition coefficient (Wildman–Crippen LogP) is 3.93. The molecule has 1 aromatic carbocycles. The summed E-state index contributed by atoms with van der Waals surface area (Å²) in [6, 6.07) is 6.31. The second-order valence-corrected chi connectivity index (χ2v) is 7.72. The molecule has 1 aliphatic carbocycles. The quantitative estimate of drug-likeness (QED) is 0.722. The summed E-state index contributed by atoms with van der Waals surface area (Å²) in [6.07, 6.45) is 2.11. The molecule has 140 valence electrons. The van der Waals surface area contributed by atoms with Crippen LogP contribution in [-0.2, 0) is 17.9 Å². The standard InChI is InChI=1S/C20H26FN3OS/c1-3-24(4-2)12-17-13-26-18(23-17)11-22-20(25)19(14-5-6-14)15-7-9-16(21)10-8-15/h7-10,13-14,19H,3-6,11-12H2,1-2H3,(H,22,25). The highest BCUT2D eigenvalue weighted by atomic mass is 32.1. The van der Waals surface area contributed by atoms with Crippen molar-refractivity contribution in [2.24, 2.45) is 5.92 Å². The summed E-state index contributed by atoms with van der Waals surface area (Å²) >= 11 is 1.59. The van der Waals surface area contributed by atoms with Gasteiger partial charge in [-0.3, -0.25) is 9.69 Å². The van der Waals surface area contributed by atoms with Gasteiger partial charge in [-0.2, -0.15) is 0 Å². The lowest BCUT2D eigenvalue weighted by atomic mass is 9.93. The van der Waals surface area contributed by atoms with Crippen LogP contribution in [0.3, 0.4) is 0 Å². The van der Waals surface area contributed by atoms with Crippen LogP contribution in [0.2, 0.25) is 0 Å².